The predicted molar refractivity (Wildman–Crippen MR) is 66.6 cm³/mol. The fraction of sp³-hybridized carbons (Fsp3) is 1.00. The van der Waals surface area contributed by atoms with E-state index in [2.05, 4.69) is 13.8 Å². The topological polar surface area (TPSA) is 63.4 Å². The average molecular weight is 248 g/mol. The highest BCUT2D eigenvalue weighted by molar-refractivity contribution is 7.89. The normalized spacial score (nSPS) is 20.5. The Bertz CT molecular complexity index is 293. The number of nitrogens with zero attached hydrogens (tertiary/aromatic N) is 1. The summed E-state index contributed by atoms with van der Waals surface area (Å²) in [6.07, 6.45) is 2.58. The van der Waals surface area contributed by atoms with E-state index in [-0.39, 0.29) is 5.75 Å². The first kappa shape index (κ1) is 13.9. The molecule has 4 nitrogen and oxygen atoms in total. The summed E-state index contributed by atoms with van der Waals surface area (Å²) in [6, 6.07) is 0. The molecule has 16 heavy (non-hydrogen) atoms. The third-order valence-electron chi connectivity index (χ3n) is 3.25. The molecule has 2 N–H and O–H groups in total. The highest BCUT2D eigenvalue weighted by Crippen LogP contribution is 2.19. The first-order chi connectivity index (χ1) is 7.45. The second-order valence-corrected chi connectivity index (χ2v) is 7.17. The van der Waals surface area contributed by atoms with Crippen LogP contribution in [0.4, 0.5) is 0 Å². The largest absolute Gasteiger partial charge is 0.330 e. The Hall–Kier alpha value is -0.130. The van der Waals surface area contributed by atoms with E-state index in [1.54, 1.807) is 4.31 Å². The zero-order valence-electron chi connectivity index (χ0n) is 10.4. The summed E-state index contributed by atoms with van der Waals surface area (Å²) in [5.74, 6) is 1.24. The van der Waals surface area contributed by atoms with Gasteiger partial charge in [-0.25, -0.2) is 12.7 Å². The molecule has 1 aliphatic rings. The van der Waals surface area contributed by atoms with E-state index < -0.39 is 10.0 Å². The molecule has 0 atom stereocenters. The van der Waals surface area contributed by atoms with Crippen molar-refractivity contribution in [1.29, 1.82) is 0 Å². The van der Waals surface area contributed by atoms with Crippen LogP contribution in [0, 0.1) is 11.8 Å². The SMILES string of the molecule is CC(C)CCS(=O)(=O)N1CCC(CN)CC1. The zero-order valence-corrected chi connectivity index (χ0v) is 11.2. The van der Waals surface area contributed by atoms with Crippen LogP contribution in [0.15, 0.2) is 0 Å². The van der Waals surface area contributed by atoms with Crippen molar-refractivity contribution in [2.24, 2.45) is 17.6 Å². The van der Waals surface area contributed by atoms with E-state index in [1.165, 1.54) is 0 Å². The quantitative estimate of drug-likeness (QED) is 0.790. The van der Waals surface area contributed by atoms with Crippen molar-refractivity contribution in [1.82, 2.24) is 4.31 Å². The van der Waals surface area contributed by atoms with E-state index in [9.17, 15) is 8.42 Å². The van der Waals surface area contributed by atoms with Gasteiger partial charge in [0.1, 0.15) is 0 Å². The van der Waals surface area contributed by atoms with Crippen molar-refractivity contribution in [2.45, 2.75) is 33.1 Å². The third-order valence-corrected chi connectivity index (χ3v) is 5.16. The van der Waals surface area contributed by atoms with Gasteiger partial charge in [0.25, 0.3) is 0 Å². The van der Waals surface area contributed by atoms with Crippen LogP contribution in [0.1, 0.15) is 33.1 Å². The maximum Gasteiger partial charge on any atom is 0.214 e. The fourth-order valence-electron chi connectivity index (χ4n) is 1.94. The standard InChI is InChI=1S/C11H24N2O2S/c1-10(2)5-8-16(14,15)13-6-3-11(9-12)4-7-13/h10-11H,3-9,12H2,1-2H3. The minimum absolute atomic E-state index is 0.290. The summed E-state index contributed by atoms with van der Waals surface area (Å²) in [5.41, 5.74) is 5.59. The molecular formula is C11H24N2O2S. The van der Waals surface area contributed by atoms with E-state index in [4.69, 9.17) is 5.73 Å². The van der Waals surface area contributed by atoms with Crippen molar-refractivity contribution in [3.63, 3.8) is 0 Å². The molecule has 0 aromatic rings. The molecule has 0 unspecified atom stereocenters. The maximum absolute atomic E-state index is 12.0. The van der Waals surface area contributed by atoms with Crippen molar-refractivity contribution in [3.8, 4) is 0 Å². The van der Waals surface area contributed by atoms with Gasteiger partial charge in [-0.15, -0.1) is 0 Å². The molecule has 1 saturated heterocycles. The molecule has 0 spiro atoms. The monoisotopic (exact) mass is 248 g/mol. The zero-order chi connectivity index (χ0) is 12.2. The van der Waals surface area contributed by atoms with Gasteiger partial charge in [0.15, 0.2) is 0 Å². The number of nitrogens with two attached hydrogens (primary N) is 1. The van der Waals surface area contributed by atoms with Gasteiger partial charge >= 0.3 is 0 Å². The highest BCUT2D eigenvalue weighted by Gasteiger charge is 2.27. The Morgan fingerprint density at radius 2 is 1.88 bits per heavy atom. The first-order valence-corrected chi connectivity index (χ1v) is 7.74. The van der Waals surface area contributed by atoms with Gasteiger partial charge < -0.3 is 5.73 Å². The summed E-state index contributed by atoms with van der Waals surface area (Å²) in [5, 5.41) is 0. The third kappa shape index (κ3) is 4.03. The lowest BCUT2D eigenvalue weighted by Crippen LogP contribution is -2.41. The van der Waals surface area contributed by atoms with Gasteiger partial charge in [0, 0.05) is 13.1 Å². The lowest BCUT2D eigenvalue weighted by molar-refractivity contribution is 0.278. The van der Waals surface area contributed by atoms with E-state index in [1.807, 2.05) is 0 Å². The molecule has 0 radical (unpaired) electrons. The van der Waals surface area contributed by atoms with Crippen molar-refractivity contribution in [2.75, 3.05) is 25.4 Å². The van der Waals surface area contributed by atoms with Gasteiger partial charge in [-0.1, -0.05) is 13.8 Å². The maximum atomic E-state index is 12.0. The summed E-state index contributed by atoms with van der Waals surface area (Å²) in [6.45, 7) is 6.09. The molecule has 1 aliphatic heterocycles. The molecule has 0 aromatic carbocycles. The Balaban J connectivity index is 2.45. The van der Waals surface area contributed by atoms with E-state index >= 15 is 0 Å². The molecule has 0 saturated carbocycles. The van der Waals surface area contributed by atoms with Crippen LogP contribution in [0.25, 0.3) is 0 Å². The Morgan fingerprint density at radius 3 is 2.31 bits per heavy atom. The average Bonchev–Trinajstić information content (AvgIpc) is 2.27. The molecule has 1 heterocycles. The predicted octanol–water partition coefficient (Wildman–Crippen LogP) is 1.03. The molecule has 0 amide bonds. The Morgan fingerprint density at radius 1 is 1.31 bits per heavy atom. The van der Waals surface area contributed by atoms with Crippen molar-refractivity contribution >= 4 is 10.0 Å². The van der Waals surface area contributed by atoms with Gasteiger partial charge in [-0.2, -0.15) is 0 Å². The summed E-state index contributed by atoms with van der Waals surface area (Å²) in [4.78, 5) is 0. The smallest absolute Gasteiger partial charge is 0.214 e. The van der Waals surface area contributed by atoms with Crippen LogP contribution in [0.5, 0.6) is 0 Å². The number of piperidine rings is 1. The summed E-state index contributed by atoms with van der Waals surface area (Å²) >= 11 is 0. The van der Waals surface area contributed by atoms with E-state index in [0.29, 0.717) is 31.5 Å². The van der Waals surface area contributed by atoms with Crippen LogP contribution < -0.4 is 5.73 Å². The van der Waals surface area contributed by atoms with Gasteiger partial charge in [0.05, 0.1) is 5.75 Å². The number of hydrogen-bond donors (Lipinski definition) is 1. The molecule has 1 rings (SSSR count). The van der Waals surface area contributed by atoms with Gasteiger partial charge in [-0.3, -0.25) is 0 Å². The minimum Gasteiger partial charge on any atom is -0.330 e. The lowest BCUT2D eigenvalue weighted by atomic mass is 9.99. The van der Waals surface area contributed by atoms with Crippen LogP contribution in [-0.4, -0.2) is 38.1 Å². The highest BCUT2D eigenvalue weighted by atomic mass is 32.2. The second-order valence-electron chi connectivity index (χ2n) is 5.08. The fourth-order valence-corrected chi connectivity index (χ4v) is 3.73. The van der Waals surface area contributed by atoms with Crippen molar-refractivity contribution in [3.05, 3.63) is 0 Å². The molecular weight excluding hydrogens is 224 g/mol. The first-order valence-electron chi connectivity index (χ1n) is 6.13. The van der Waals surface area contributed by atoms with E-state index in [0.717, 1.165) is 19.3 Å². The number of hydrogen-bond acceptors (Lipinski definition) is 3. The molecule has 0 aromatic heterocycles. The molecule has 0 aliphatic carbocycles. The van der Waals surface area contributed by atoms with Gasteiger partial charge in [0.2, 0.25) is 10.0 Å². The van der Waals surface area contributed by atoms with Gasteiger partial charge in [-0.05, 0) is 37.6 Å². The Labute approximate surface area is 99.2 Å². The van der Waals surface area contributed by atoms with Crippen LogP contribution >= 0.6 is 0 Å². The molecule has 0 bridgehead atoms. The minimum atomic E-state index is -3.02. The molecule has 5 heteroatoms. The van der Waals surface area contributed by atoms with Crippen LogP contribution in [-0.2, 0) is 10.0 Å². The van der Waals surface area contributed by atoms with Crippen LogP contribution in [0.3, 0.4) is 0 Å². The lowest BCUT2D eigenvalue weighted by Gasteiger charge is -2.30. The number of rotatable bonds is 5. The molecule has 1 fully saturated rings. The summed E-state index contributed by atoms with van der Waals surface area (Å²) < 4.78 is 25.6. The number of sulfonamides is 1. The van der Waals surface area contributed by atoms with Crippen molar-refractivity contribution < 1.29 is 8.42 Å². The summed E-state index contributed by atoms with van der Waals surface area (Å²) in [7, 11) is -3.02. The van der Waals surface area contributed by atoms with Crippen LogP contribution in [0.2, 0.25) is 0 Å². The Kier molecular flexibility index (Phi) is 5.21. The second kappa shape index (κ2) is 5.98. The molecule has 96 valence electrons.